The molecule has 0 aromatic heterocycles. The molecule has 8 heteroatoms. The van der Waals surface area contributed by atoms with Gasteiger partial charge in [0.1, 0.15) is 11.8 Å². The predicted octanol–water partition coefficient (Wildman–Crippen LogP) is 3.92. The fourth-order valence-electron chi connectivity index (χ4n) is 2.68. The van der Waals surface area contributed by atoms with Gasteiger partial charge in [-0.05, 0) is 61.9 Å². The molecule has 0 radical (unpaired) electrons. The van der Waals surface area contributed by atoms with Crippen LogP contribution in [0.25, 0.3) is 0 Å². The standard InChI is InChI=1S/C19H23ClN2O4S/c1-4-18(19(23)21-15-8-12-17(13-9-15)26-5-2)22(27(3,24)25)16-10-6-14(20)7-11-16/h6-13,18H,4-5H2,1-3H3,(H,21,23). The first-order chi connectivity index (χ1) is 12.8. The maximum Gasteiger partial charge on any atom is 0.248 e. The van der Waals surface area contributed by atoms with Gasteiger partial charge in [-0.3, -0.25) is 9.10 Å². The molecule has 6 nitrogen and oxygen atoms in total. The van der Waals surface area contributed by atoms with Gasteiger partial charge in [-0.25, -0.2) is 8.42 Å². The van der Waals surface area contributed by atoms with Gasteiger partial charge in [0.25, 0.3) is 0 Å². The van der Waals surface area contributed by atoms with Crippen LogP contribution >= 0.6 is 11.6 Å². The number of hydrogen-bond acceptors (Lipinski definition) is 4. The number of ether oxygens (including phenoxy) is 1. The minimum Gasteiger partial charge on any atom is -0.494 e. The molecule has 1 atom stereocenters. The summed E-state index contributed by atoms with van der Waals surface area (Å²) in [6, 6.07) is 12.4. The van der Waals surface area contributed by atoms with Crippen LogP contribution in [-0.2, 0) is 14.8 Å². The van der Waals surface area contributed by atoms with E-state index in [2.05, 4.69) is 5.32 Å². The second kappa shape index (κ2) is 9.10. The van der Waals surface area contributed by atoms with E-state index >= 15 is 0 Å². The Hall–Kier alpha value is -2.25. The number of halogens is 1. The third-order valence-corrected chi connectivity index (χ3v) is 5.28. The van der Waals surface area contributed by atoms with Crippen LogP contribution in [0.1, 0.15) is 20.3 Å². The van der Waals surface area contributed by atoms with E-state index in [1.165, 1.54) is 0 Å². The summed E-state index contributed by atoms with van der Waals surface area (Å²) in [5, 5.41) is 3.25. The number of amides is 1. The Bertz CT molecular complexity index is 868. The summed E-state index contributed by atoms with van der Waals surface area (Å²) in [5.74, 6) is 0.281. The lowest BCUT2D eigenvalue weighted by Gasteiger charge is -2.30. The third kappa shape index (κ3) is 5.61. The van der Waals surface area contributed by atoms with Gasteiger partial charge >= 0.3 is 0 Å². The molecule has 27 heavy (non-hydrogen) atoms. The molecule has 0 fully saturated rings. The number of hydrogen-bond donors (Lipinski definition) is 1. The second-order valence-corrected chi connectivity index (χ2v) is 8.20. The van der Waals surface area contributed by atoms with Crippen LogP contribution in [0.3, 0.4) is 0 Å². The van der Waals surface area contributed by atoms with Gasteiger partial charge in [0.05, 0.1) is 18.6 Å². The van der Waals surface area contributed by atoms with Gasteiger partial charge in [-0.1, -0.05) is 18.5 Å². The molecule has 0 bridgehead atoms. The van der Waals surface area contributed by atoms with Crippen LogP contribution in [0, 0.1) is 0 Å². The SMILES string of the molecule is CCOc1ccc(NC(=O)C(CC)N(c2ccc(Cl)cc2)S(C)(=O)=O)cc1. The highest BCUT2D eigenvalue weighted by Gasteiger charge is 2.31. The second-order valence-electron chi connectivity index (χ2n) is 5.91. The molecule has 0 aliphatic rings. The molecular formula is C19H23ClN2O4S. The molecule has 0 aliphatic carbocycles. The van der Waals surface area contributed by atoms with Gasteiger partial charge in [0.15, 0.2) is 0 Å². The van der Waals surface area contributed by atoms with Crippen LogP contribution < -0.4 is 14.4 Å². The smallest absolute Gasteiger partial charge is 0.248 e. The van der Waals surface area contributed by atoms with Crippen molar-refractivity contribution in [1.82, 2.24) is 0 Å². The zero-order valence-electron chi connectivity index (χ0n) is 15.5. The van der Waals surface area contributed by atoms with Crippen molar-refractivity contribution in [2.45, 2.75) is 26.3 Å². The van der Waals surface area contributed by atoms with Crippen LogP contribution in [-0.4, -0.2) is 33.2 Å². The Morgan fingerprint density at radius 2 is 1.70 bits per heavy atom. The molecule has 1 N–H and O–H groups in total. The Balaban J connectivity index is 2.27. The third-order valence-electron chi connectivity index (χ3n) is 3.84. The maximum atomic E-state index is 12.8. The maximum absolute atomic E-state index is 12.8. The lowest BCUT2D eigenvalue weighted by molar-refractivity contribution is -0.117. The average Bonchev–Trinajstić information content (AvgIpc) is 2.61. The molecule has 0 saturated heterocycles. The molecule has 0 aliphatic heterocycles. The van der Waals surface area contributed by atoms with Gasteiger partial charge in [-0.15, -0.1) is 0 Å². The Morgan fingerprint density at radius 3 is 2.19 bits per heavy atom. The summed E-state index contributed by atoms with van der Waals surface area (Å²) in [7, 11) is -3.68. The van der Waals surface area contributed by atoms with E-state index in [0.29, 0.717) is 35.2 Å². The summed E-state index contributed by atoms with van der Waals surface area (Å²) in [5.41, 5.74) is 0.946. The first-order valence-electron chi connectivity index (χ1n) is 8.55. The van der Waals surface area contributed by atoms with Crippen molar-refractivity contribution in [2.24, 2.45) is 0 Å². The molecule has 2 aromatic carbocycles. The fourth-order valence-corrected chi connectivity index (χ4v) is 4.01. The van der Waals surface area contributed by atoms with Crippen molar-refractivity contribution in [3.05, 3.63) is 53.6 Å². The topological polar surface area (TPSA) is 75.7 Å². The summed E-state index contributed by atoms with van der Waals surface area (Å²) in [4.78, 5) is 12.8. The highest BCUT2D eigenvalue weighted by atomic mass is 35.5. The van der Waals surface area contributed by atoms with Crippen molar-refractivity contribution in [3.63, 3.8) is 0 Å². The van der Waals surface area contributed by atoms with Crippen molar-refractivity contribution < 1.29 is 17.9 Å². The van der Waals surface area contributed by atoms with Crippen LogP contribution in [0.5, 0.6) is 5.75 Å². The molecule has 2 rings (SSSR count). The number of nitrogens with one attached hydrogen (secondary N) is 1. The van der Waals surface area contributed by atoms with E-state index in [4.69, 9.17) is 16.3 Å². The normalized spacial score (nSPS) is 12.3. The van der Waals surface area contributed by atoms with Crippen molar-refractivity contribution in [3.8, 4) is 5.75 Å². The minimum atomic E-state index is -3.68. The van der Waals surface area contributed by atoms with Crippen molar-refractivity contribution in [1.29, 1.82) is 0 Å². The highest BCUT2D eigenvalue weighted by molar-refractivity contribution is 7.92. The van der Waals surface area contributed by atoms with E-state index in [9.17, 15) is 13.2 Å². The van der Waals surface area contributed by atoms with Crippen LogP contribution in [0.4, 0.5) is 11.4 Å². The lowest BCUT2D eigenvalue weighted by atomic mass is 10.2. The number of carbonyl (C=O) groups is 1. The quantitative estimate of drug-likeness (QED) is 0.715. The minimum absolute atomic E-state index is 0.304. The number of nitrogens with zero attached hydrogens (tertiary/aromatic N) is 1. The highest BCUT2D eigenvalue weighted by Crippen LogP contribution is 2.25. The molecule has 2 aromatic rings. The van der Waals surface area contributed by atoms with E-state index < -0.39 is 22.0 Å². The number of sulfonamides is 1. The largest absolute Gasteiger partial charge is 0.494 e. The number of rotatable bonds is 8. The van der Waals surface area contributed by atoms with E-state index in [0.717, 1.165) is 10.6 Å². The average molecular weight is 411 g/mol. The zero-order valence-corrected chi connectivity index (χ0v) is 17.0. The Morgan fingerprint density at radius 1 is 1.11 bits per heavy atom. The molecule has 0 spiro atoms. The number of benzene rings is 2. The van der Waals surface area contributed by atoms with E-state index in [-0.39, 0.29) is 0 Å². The summed E-state index contributed by atoms with van der Waals surface area (Å²) < 4.78 is 31.3. The molecule has 0 heterocycles. The molecular weight excluding hydrogens is 388 g/mol. The first-order valence-corrected chi connectivity index (χ1v) is 10.8. The molecule has 1 unspecified atom stereocenters. The summed E-state index contributed by atoms with van der Waals surface area (Å²) in [6.45, 7) is 4.20. The van der Waals surface area contributed by atoms with Crippen LogP contribution in [0.2, 0.25) is 5.02 Å². The molecule has 146 valence electrons. The summed E-state index contributed by atoms with van der Waals surface area (Å²) in [6.07, 6.45) is 1.38. The first kappa shape index (κ1) is 21.1. The number of anilines is 2. The Labute approximate surface area is 165 Å². The number of carbonyl (C=O) groups excluding carboxylic acids is 1. The van der Waals surface area contributed by atoms with E-state index in [1.807, 2.05) is 6.92 Å². The lowest BCUT2D eigenvalue weighted by Crippen LogP contribution is -2.46. The van der Waals surface area contributed by atoms with Gasteiger partial charge in [-0.2, -0.15) is 0 Å². The Kier molecular flexibility index (Phi) is 7.10. The molecule has 0 saturated carbocycles. The molecule has 1 amide bonds. The predicted molar refractivity (Wildman–Crippen MR) is 109 cm³/mol. The van der Waals surface area contributed by atoms with Gasteiger partial charge in [0.2, 0.25) is 15.9 Å². The summed E-state index contributed by atoms with van der Waals surface area (Å²) >= 11 is 5.89. The van der Waals surface area contributed by atoms with Crippen molar-refractivity contribution >= 4 is 38.9 Å². The van der Waals surface area contributed by atoms with Gasteiger partial charge in [0, 0.05) is 10.7 Å². The zero-order chi connectivity index (χ0) is 20.0. The van der Waals surface area contributed by atoms with Gasteiger partial charge < -0.3 is 10.1 Å². The van der Waals surface area contributed by atoms with E-state index in [1.54, 1.807) is 55.5 Å². The van der Waals surface area contributed by atoms with Crippen LogP contribution in [0.15, 0.2) is 48.5 Å². The van der Waals surface area contributed by atoms with Crippen molar-refractivity contribution in [2.75, 3.05) is 22.5 Å². The monoisotopic (exact) mass is 410 g/mol. The fraction of sp³-hybridized carbons (Fsp3) is 0.316.